The van der Waals surface area contributed by atoms with Crippen molar-refractivity contribution in [3.63, 3.8) is 0 Å². The lowest BCUT2D eigenvalue weighted by molar-refractivity contribution is -0.763. The number of piperazine rings is 1. The molecule has 1 atom stereocenters. The molecule has 0 spiro atoms. The number of carbonyl (C=O) groups is 1. The van der Waals surface area contributed by atoms with Crippen LogP contribution >= 0.6 is 0 Å². The van der Waals surface area contributed by atoms with Crippen LogP contribution in [0.5, 0.6) is 0 Å². The van der Waals surface area contributed by atoms with Gasteiger partial charge in [0.1, 0.15) is 5.70 Å². The quantitative estimate of drug-likeness (QED) is 0.562. The van der Waals surface area contributed by atoms with Crippen molar-refractivity contribution in [3.05, 3.63) is 46.9 Å². The zero-order chi connectivity index (χ0) is 21.4. The predicted molar refractivity (Wildman–Crippen MR) is 107 cm³/mol. The first-order chi connectivity index (χ1) is 14.0. The Hall–Kier alpha value is -3.01. The Morgan fingerprint density at radius 3 is 2.34 bits per heavy atom. The molecule has 29 heavy (non-hydrogen) atoms. The molecule has 1 saturated heterocycles. The number of aromatic nitrogens is 2. The Balaban J connectivity index is 0.00000145. The molecule has 0 radical (unpaired) electrons. The fourth-order valence-electron chi connectivity index (χ4n) is 3.30. The van der Waals surface area contributed by atoms with Crippen molar-refractivity contribution in [3.8, 4) is 0 Å². The summed E-state index contributed by atoms with van der Waals surface area (Å²) < 4.78 is 0. The molecule has 1 unspecified atom stereocenters. The highest BCUT2D eigenvalue weighted by molar-refractivity contribution is 5.84. The fourth-order valence-corrected chi connectivity index (χ4v) is 3.30. The van der Waals surface area contributed by atoms with Gasteiger partial charge >= 0.3 is 5.70 Å². The topological polar surface area (TPSA) is 111 Å². The molecule has 2 N–H and O–H groups in total. The standard InChI is InChI=1S/C17H22N6O4.C2H6/c1-17(15(24)20-25)5-4-13(14(12-17)23(26)27-2)21-8-10-22(11-9-21)16-18-6-3-7-19-16;1-2/h3-7H,8-12H2,1-2H3,(H-,20,24,25);1-2H3/p+1. The van der Waals surface area contributed by atoms with Crippen molar-refractivity contribution < 1.29 is 19.8 Å². The molecule has 1 aliphatic heterocycles. The predicted octanol–water partition coefficient (Wildman–Crippen LogP) is 1.65. The molecule has 0 saturated carbocycles. The van der Waals surface area contributed by atoms with E-state index in [2.05, 4.69) is 19.8 Å². The van der Waals surface area contributed by atoms with Gasteiger partial charge in [-0.3, -0.25) is 10.0 Å². The smallest absolute Gasteiger partial charge is 0.317 e. The van der Waals surface area contributed by atoms with Crippen LogP contribution in [0.15, 0.2) is 42.0 Å². The molecule has 1 aromatic rings. The number of rotatable bonds is 5. The maximum Gasteiger partial charge on any atom is 0.317 e. The molecular formula is C19H29N6O4+. The minimum atomic E-state index is -1.03. The molecule has 3 rings (SSSR count). The van der Waals surface area contributed by atoms with Crippen LogP contribution in [0.3, 0.4) is 0 Å². The molecule has 0 aromatic carbocycles. The van der Waals surface area contributed by atoms with Gasteiger partial charge in [-0.05, 0) is 19.1 Å². The zero-order valence-corrected chi connectivity index (χ0v) is 17.3. The third-order valence-electron chi connectivity index (χ3n) is 4.90. The molecule has 1 aliphatic carbocycles. The Bertz CT molecular complexity index is 774. The molecular weight excluding hydrogens is 376 g/mol. The lowest BCUT2D eigenvalue weighted by atomic mass is 9.80. The minimum Gasteiger partial charge on any atom is -0.363 e. The van der Waals surface area contributed by atoms with Crippen LogP contribution < -0.4 is 10.4 Å². The van der Waals surface area contributed by atoms with E-state index in [1.54, 1.807) is 43.0 Å². The largest absolute Gasteiger partial charge is 0.363 e. The summed E-state index contributed by atoms with van der Waals surface area (Å²) in [5.41, 5.74) is 1.68. The second-order valence-electron chi connectivity index (χ2n) is 6.66. The zero-order valence-electron chi connectivity index (χ0n) is 17.3. The van der Waals surface area contributed by atoms with Gasteiger partial charge in [0.25, 0.3) is 10.8 Å². The van der Waals surface area contributed by atoms with E-state index >= 15 is 0 Å². The summed E-state index contributed by atoms with van der Waals surface area (Å²) in [7, 11) is 1.28. The number of hydrogen-bond acceptors (Lipinski definition) is 8. The molecule has 1 amide bonds. The Morgan fingerprint density at radius 1 is 1.21 bits per heavy atom. The Kier molecular flexibility index (Phi) is 7.66. The highest BCUT2D eigenvalue weighted by atomic mass is 16.8. The number of anilines is 1. The van der Waals surface area contributed by atoms with E-state index in [9.17, 15) is 9.70 Å². The second kappa shape index (κ2) is 9.97. The van der Waals surface area contributed by atoms with Gasteiger partial charge < -0.3 is 9.80 Å². The number of allylic oxidation sites excluding steroid dienone is 2. The highest BCUT2D eigenvalue weighted by Crippen LogP contribution is 2.36. The molecule has 0 bridgehead atoms. The van der Waals surface area contributed by atoms with Crippen LogP contribution in [0.25, 0.3) is 0 Å². The van der Waals surface area contributed by atoms with Gasteiger partial charge in [0, 0.05) is 38.6 Å². The maximum atomic E-state index is 12.3. The molecule has 158 valence electrons. The average molecular weight is 405 g/mol. The van der Waals surface area contributed by atoms with E-state index in [0.29, 0.717) is 48.4 Å². The van der Waals surface area contributed by atoms with E-state index in [0.717, 1.165) is 0 Å². The summed E-state index contributed by atoms with van der Waals surface area (Å²) in [5.74, 6) is 0.103. The summed E-state index contributed by atoms with van der Waals surface area (Å²) >= 11 is 0. The van der Waals surface area contributed by atoms with Crippen LogP contribution in [0.1, 0.15) is 27.2 Å². The molecule has 2 heterocycles. The molecule has 10 nitrogen and oxygen atoms in total. The maximum absolute atomic E-state index is 12.3. The highest BCUT2D eigenvalue weighted by Gasteiger charge is 2.43. The van der Waals surface area contributed by atoms with E-state index in [1.807, 2.05) is 13.8 Å². The van der Waals surface area contributed by atoms with Crippen molar-refractivity contribution in [1.82, 2.24) is 20.3 Å². The van der Waals surface area contributed by atoms with Crippen LogP contribution in [0.2, 0.25) is 0 Å². The van der Waals surface area contributed by atoms with Gasteiger partial charge in [0.15, 0.2) is 7.11 Å². The minimum absolute atomic E-state index is 0.116. The van der Waals surface area contributed by atoms with Crippen molar-refractivity contribution in [1.29, 1.82) is 0 Å². The monoisotopic (exact) mass is 405 g/mol. The van der Waals surface area contributed by atoms with E-state index < -0.39 is 11.3 Å². The van der Waals surface area contributed by atoms with Crippen LogP contribution in [0.4, 0.5) is 5.95 Å². The average Bonchev–Trinajstić information content (AvgIpc) is 2.80. The summed E-state index contributed by atoms with van der Waals surface area (Å²) in [6.45, 7) is 8.40. The number of nitrogens with zero attached hydrogens (tertiary/aromatic N) is 5. The van der Waals surface area contributed by atoms with Gasteiger partial charge in [-0.15, -0.1) is 0 Å². The first-order valence-corrected chi connectivity index (χ1v) is 9.63. The first kappa shape index (κ1) is 22.3. The first-order valence-electron chi connectivity index (χ1n) is 9.63. The lowest BCUT2D eigenvalue weighted by Gasteiger charge is -2.37. The molecule has 1 aromatic heterocycles. The summed E-state index contributed by atoms with van der Waals surface area (Å²) in [6, 6.07) is 1.77. The summed E-state index contributed by atoms with van der Waals surface area (Å²) in [6.07, 6.45) is 6.98. The summed E-state index contributed by atoms with van der Waals surface area (Å²) in [5, 5.41) is 8.99. The van der Waals surface area contributed by atoms with Crippen LogP contribution in [0, 0.1) is 10.3 Å². The third-order valence-corrected chi connectivity index (χ3v) is 4.90. The molecule has 2 aliphatic rings. The van der Waals surface area contributed by atoms with Gasteiger partial charge in [-0.25, -0.2) is 20.3 Å². The van der Waals surface area contributed by atoms with Crippen molar-refractivity contribution in [2.75, 3.05) is 38.2 Å². The second-order valence-corrected chi connectivity index (χ2v) is 6.66. The van der Waals surface area contributed by atoms with Gasteiger partial charge in [0.2, 0.25) is 5.95 Å². The number of carbonyl (C=O) groups excluding carboxylic acids is 1. The lowest BCUT2D eigenvalue weighted by Crippen LogP contribution is -2.47. The van der Waals surface area contributed by atoms with Crippen LogP contribution in [-0.2, 0) is 9.63 Å². The van der Waals surface area contributed by atoms with E-state index in [4.69, 9.17) is 10.0 Å². The van der Waals surface area contributed by atoms with Gasteiger partial charge in [-0.1, -0.05) is 19.9 Å². The van der Waals surface area contributed by atoms with E-state index in [-0.39, 0.29) is 6.42 Å². The SMILES string of the molecule is CC.CO[N+](=O)C1=C(N2CCN(c3ncccn3)CC2)C=CC(C)(C(=O)NO)C1. The fraction of sp³-hybridized carbons (Fsp3) is 0.526. The van der Waals surface area contributed by atoms with Crippen molar-refractivity contribution >= 4 is 11.9 Å². The van der Waals surface area contributed by atoms with Crippen molar-refractivity contribution in [2.24, 2.45) is 5.41 Å². The summed E-state index contributed by atoms with van der Waals surface area (Å²) in [4.78, 5) is 42.2. The molecule has 1 fully saturated rings. The van der Waals surface area contributed by atoms with E-state index in [1.165, 1.54) is 7.11 Å². The number of hydroxylamine groups is 1. The Morgan fingerprint density at radius 2 is 1.79 bits per heavy atom. The normalized spacial score (nSPS) is 21.3. The molecule has 10 heteroatoms. The Labute approximate surface area is 170 Å². The third kappa shape index (κ3) is 4.89. The van der Waals surface area contributed by atoms with Gasteiger partial charge in [-0.2, -0.15) is 0 Å². The van der Waals surface area contributed by atoms with Crippen molar-refractivity contribution in [2.45, 2.75) is 27.2 Å². The van der Waals surface area contributed by atoms with Crippen LogP contribution in [-0.4, -0.2) is 64.2 Å². The van der Waals surface area contributed by atoms with Gasteiger partial charge in [0.05, 0.1) is 16.7 Å². The number of hydrogen-bond donors (Lipinski definition) is 2. The number of amides is 1. The number of nitrogens with one attached hydrogen (secondary N) is 1.